The van der Waals surface area contributed by atoms with Gasteiger partial charge in [0.25, 0.3) is 5.69 Å². The van der Waals surface area contributed by atoms with Gasteiger partial charge in [-0.3, -0.25) is 10.1 Å². The summed E-state index contributed by atoms with van der Waals surface area (Å²) in [7, 11) is 0. The molecule has 0 aliphatic heterocycles. The van der Waals surface area contributed by atoms with E-state index in [0.29, 0.717) is 5.56 Å². The number of non-ortho nitro benzene ring substituents is 1. The fraction of sp³-hybridized carbons (Fsp3) is 0. The Kier molecular flexibility index (Phi) is 3.29. The van der Waals surface area contributed by atoms with Crippen LogP contribution in [0.3, 0.4) is 0 Å². The largest absolute Gasteiger partial charge is 0.854 e. The minimum absolute atomic E-state index is 0.0566. The lowest BCUT2D eigenvalue weighted by Crippen LogP contribution is -2.33. The number of hydrogen-bond acceptors (Lipinski definition) is 4. The van der Waals surface area contributed by atoms with Crippen molar-refractivity contribution in [2.24, 2.45) is 5.10 Å². The monoisotopic (exact) mass is 243 g/mol. The van der Waals surface area contributed by atoms with Crippen LogP contribution in [0.5, 0.6) is 0 Å². The molecule has 0 saturated carbocycles. The van der Waals surface area contributed by atoms with E-state index in [-0.39, 0.29) is 5.69 Å². The van der Waals surface area contributed by atoms with Crippen LogP contribution in [-0.2, 0) is 0 Å². The van der Waals surface area contributed by atoms with Crippen molar-refractivity contribution >= 4 is 11.6 Å². The zero-order valence-electron chi connectivity index (χ0n) is 9.26. The summed E-state index contributed by atoms with van der Waals surface area (Å²) in [6.07, 6.45) is 3.26. The molecule has 6 nitrogen and oxygen atoms in total. The number of nitrogens with zero attached hydrogens (tertiary/aromatic N) is 3. The van der Waals surface area contributed by atoms with Gasteiger partial charge in [-0.15, -0.1) is 0 Å². The summed E-state index contributed by atoms with van der Waals surface area (Å²) in [5.41, 5.74) is 0.246. The topological polar surface area (TPSA) is 82.4 Å². The quantitative estimate of drug-likeness (QED) is 0.258. The van der Waals surface area contributed by atoms with Crippen molar-refractivity contribution < 1.29 is 14.7 Å². The van der Waals surface area contributed by atoms with Crippen molar-refractivity contribution in [1.29, 1.82) is 0 Å². The zero-order chi connectivity index (χ0) is 13.0. The third-order valence-electron chi connectivity index (χ3n) is 2.23. The lowest BCUT2D eigenvalue weighted by Gasteiger charge is -2.05. The minimum Gasteiger partial charge on any atom is -0.854 e. The van der Waals surface area contributed by atoms with E-state index in [1.165, 1.54) is 28.9 Å². The summed E-state index contributed by atoms with van der Waals surface area (Å²) in [5.74, 6) is -0.457. The lowest BCUT2D eigenvalue weighted by atomic mass is 10.2. The molecule has 0 unspecified atom stereocenters. The van der Waals surface area contributed by atoms with Crippen molar-refractivity contribution in [2.45, 2.75) is 0 Å². The molecule has 1 heterocycles. The van der Waals surface area contributed by atoms with Crippen molar-refractivity contribution in [3.63, 3.8) is 0 Å². The Morgan fingerprint density at radius 2 is 1.72 bits per heavy atom. The van der Waals surface area contributed by atoms with E-state index in [4.69, 9.17) is 0 Å². The van der Waals surface area contributed by atoms with Crippen molar-refractivity contribution in [3.8, 4) is 0 Å². The molecule has 0 amide bonds. The number of hydrogen-bond donors (Lipinski definition) is 0. The van der Waals surface area contributed by atoms with Crippen LogP contribution in [0, 0.1) is 10.1 Å². The van der Waals surface area contributed by atoms with Crippen LogP contribution in [0.2, 0.25) is 0 Å². The van der Waals surface area contributed by atoms with Gasteiger partial charge >= 0.3 is 0 Å². The van der Waals surface area contributed by atoms with Gasteiger partial charge in [-0.1, -0.05) is 10.7 Å². The second kappa shape index (κ2) is 5.05. The third-order valence-corrected chi connectivity index (χ3v) is 2.23. The van der Waals surface area contributed by atoms with E-state index in [9.17, 15) is 15.2 Å². The third kappa shape index (κ3) is 2.67. The first-order valence-corrected chi connectivity index (χ1v) is 5.14. The first kappa shape index (κ1) is 11.7. The van der Waals surface area contributed by atoms with Gasteiger partial charge in [-0.05, 0) is 22.8 Å². The summed E-state index contributed by atoms with van der Waals surface area (Å²) in [4.78, 5) is 9.95. The standard InChI is InChI=1S/C12H9N3O3/c16-12(13-14-8-2-1-3-9-14)10-4-6-11(7-5-10)15(17)18/h1-9H. The number of nitro groups is 1. The van der Waals surface area contributed by atoms with E-state index in [1.807, 2.05) is 6.07 Å². The predicted molar refractivity (Wildman–Crippen MR) is 61.7 cm³/mol. The average Bonchev–Trinajstić information content (AvgIpc) is 2.40. The molecule has 1 aromatic heterocycles. The molecule has 0 bridgehead atoms. The SMILES string of the molecule is O=[N+]([O-])c1ccc(/C([O-])=N/[n+]2ccccc2)cc1. The van der Waals surface area contributed by atoms with Gasteiger partial charge in [-0.2, -0.15) is 0 Å². The molecule has 0 radical (unpaired) electrons. The van der Waals surface area contributed by atoms with Crippen molar-refractivity contribution in [1.82, 2.24) is 0 Å². The van der Waals surface area contributed by atoms with Gasteiger partial charge in [0.15, 0.2) is 0 Å². The van der Waals surface area contributed by atoms with Crippen LogP contribution >= 0.6 is 0 Å². The van der Waals surface area contributed by atoms with E-state index >= 15 is 0 Å². The summed E-state index contributed by atoms with van der Waals surface area (Å²) in [6.45, 7) is 0. The molecule has 0 fully saturated rings. The zero-order valence-corrected chi connectivity index (χ0v) is 9.26. The van der Waals surface area contributed by atoms with Crippen molar-refractivity contribution in [2.75, 3.05) is 0 Å². The molecule has 0 atom stereocenters. The van der Waals surface area contributed by atoms with Crippen LogP contribution in [0.1, 0.15) is 5.56 Å². The van der Waals surface area contributed by atoms with Gasteiger partial charge in [0.1, 0.15) is 0 Å². The van der Waals surface area contributed by atoms with Crippen LogP contribution in [0.4, 0.5) is 5.69 Å². The normalized spacial score (nSPS) is 11.2. The summed E-state index contributed by atoms with van der Waals surface area (Å²) < 4.78 is 1.38. The fourth-order valence-corrected chi connectivity index (χ4v) is 1.34. The highest BCUT2D eigenvalue weighted by Gasteiger charge is 2.04. The highest BCUT2D eigenvalue weighted by atomic mass is 16.6. The number of rotatable bonds is 3. The summed E-state index contributed by atoms with van der Waals surface area (Å²) in [5, 5.41) is 26.0. The molecule has 0 saturated heterocycles. The Balaban J connectivity index is 2.26. The smallest absolute Gasteiger partial charge is 0.269 e. The second-order valence-electron chi connectivity index (χ2n) is 3.46. The maximum atomic E-state index is 11.7. The highest BCUT2D eigenvalue weighted by molar-refractivity contribution is 5.90. The van der Waals surface area contributed by atoms with E-state index in [0.717, 1.165) is 0 Å². The first-order chi connectivity index (χ1) is 8.66. The molecule has 1 aromatic carbocycles. The molecule has 0 N–H and O–H groups in total. The number of aromatic nitrogens is 1. The van der Waals surface area contributed by atoms with Crippen LogP contribution < -0.4 is 9.78 Å². The summed E-state index contributed by atoms with van der Waals surface area (Å²) >= 11 is 0. The molecular formula is C12H9N3O3. The molecule has 0 aliphatic carbocycles. The molecule has 0 spiro atoms. The molecule has 2 aromatic rings. The summed E-state index contributed by atoms with van der Waals surface area (Å²) in [6, 6.07) is 10.6. The molecular weight excluding hydrogens is 234 g/mol. The number of nitro benzene ring substituents is 1. The van der Waals surface area contributed by atoms with Crippen LogP contribution in [0.25, 0.3) is 0 Å². The highest BCUT2D eigenvalue weighted by Crippen LogP contribution is 2.11. The fourth-order valence-electron chi connectivity index (χ4n) is 1.34. The van der Waals surface area contributed by atoms with E-state index < -0.39 is 10.8 Å². The Hall–Kier alpha value is -2.76. The number of benzene rings is 1. The number of pyridine rings is 1. The Morgan fingerprint density at radius 1 is 1.11 bits per heavy atom. The molecule has 18 heavy (non-hydrogen) atoms. The Labute approximate surface area is 103 Å². The van der Waals surface area contributed by atoms with E-state index in [2.05, 4.69) is 5.10 Å². The van der Waals surface area contributed by atoms with Gasteiger partial charge in [0.2, 0.25) is 12.4 Å². The Bertz CT molecular complexity index is 579. The van der Waals surface area contributed by atoms with Crippen molar-refractivity contribution in [3.05, 3.63) is 70.5 Å². The Morgan fingerprint density at radius 3 is 2.28 bits per heavy atom. The maximum Gasteiger partial charge on any atom is 0.269 e. The molecule has 90 valence electrons. The predicted octanol–water partition coefficient (Wildman–Crippen LogP) is 0.452. The van der Waals surface area contributed by atoms with Gasteiger partial charge in [-0.25, -0.2) is 0 Å². The maximum absolute atomic E-state index is 11.7. The average molecular weight is 243 g/mol. The van der Waals surface area contributed by atoms with Crippen LogP contribution in [-0.4, -0.2) is 10.8 Å². The van der Waals surface area contributed by atoms with Gasteiger partial charge in [0.05, 0.1) is 10.8 Å². The molecule has 6 heteroatoms. The first-order valence-electron chi connectivity index (χ1n) is 5.14. The van der Waals surface area contributed by atoms with E-state index in [1.54, 1.807) is 24.5 Å². The van der Waals surface area contributed by atoms with Gasteiger partial charge < -0.3 is 5.11 Å². The minimum atomic E-state index is -0.517. The lowest BCUT2D eigenvalue weighted by molar-refractivity contribution is -0.681. The van der Waals surface area contributed by atoms with Crippen LogP contribution in [0.15, 0.2) is 60.0 Å². The molecule has 2 rings (SSSR count). The molecule has 0 aliphatic rings. The van der Waals surface area contributed by atoms with Gasteiger partial charge in [0, 0.05) is 24.3 Å². The second-order valence-corrected chi connectivity index (χ2v) is 3.46.